The minimum absolute atomic E-state index is 0.128. The smallest absolute Gasteiger partial charge is 0.407 e. The summed E-state index contributed by atoms with van der Waals surface area (Å²) in [5.74, 6) is 0. The highest BCUT2D eigenvalue weighted by atomic mass is 16.6. The van der Waals surface area contributed by atoms with Crippen molar-refractivity contribution in [1.82, 2.24) is 10.2 Å². The number of carbonyl (C=O) groups is 1. The fourth-order valence-electron chi connectivity index (χ4n) is 2.70. The van der Waals surface area contributed by atoms with Gasteiger partial charge >= 0.3 is 6.09 Å². The van der Waals surface area contributed by atoms with E-state index in [1.807, 2.05) is 39.0 Å². The van der Waals surface area contributed by atoms with Crippen LogP contribution in [0.25, 0.3) is 0 Å². The number of β-amino-alcohol motifs (C(OH)–C–C–N with tert-alkyl or cyclic N) is 1. The number of aliphatic hydroxyl groups excluding tert-OH is 1. The molecule has 1 aromatic rings. The normalized spacial score (nSPS) is 22.5. The largest absolute Gasteiger partial charge is 0.444 e. The third kappa shape index (κ3) is 5.31. The number of nitrogens with one attached hydrogen (secondary N) is 1. The molecule has 0 spiro atoms. The molecule has 2 N–H and O–H groups in total. The number of carbonyl (C=O) groups excluding carboxylic acids is 1. The zero-order chi connectivity index (χ0) is 16.2. The summed E-state index contributed by atoms with van der Waals surface area (Å²) in [6.45, 7) is 7.42. The van der Waals surface area contributed by atoms with Gasteiger partial charge < -0.3 is 15.2 Å². The number of hydrogen-bond donors (Lipinski definition) is 2. The fourth-order valence-corrected chi connectivity index (χ4v) is 2.70. The van der Waals surface area contributed by atoms with Crippen LogP contribution in [0.4, 0.5) is 4.79 Å². The van der Waals surface area contributed by atoms with E-state index in [0.717, 1.165) is 6.54 Å². The lowest BCUT2D eigenvalue weighted by Gasteiger charge is -2.25. The molecule has 0 unspecified atom stereocenters. The first-order valence-corrected chi connectivity index (χ1v) is 7.76. The molecule has 2 rings (SSSR count). The number of amides is 1. The molecule has 1 heterocycles. The summed E-state index contributed by atoms with van der Waals surface area (Å²) in [6.07, 6.45) is -0.0782. The van der Waals surface area contributed by atoms with E-state index in [1.54, 1.807) is 0 Å². The Morgan fingerprint density at radius 1 is 1.36 bits per heavy atom. The van der Waals surface area contributed by atoms with Gasteiger partial charge in [0.2, 0.25) is 0 Å². The molecule has 1 aliphatic heterocycles. The van der Waals surface area contributed by atoms with Crippen LogP contribution >= 0.6 is 0 Å². The maximum Gasteiger partial charge on any atom is 0.407 e. The van der Waals surface area contributed by atoms with Gasteiger partial charge in [-0.2, -0.15) is 0 Å². The Hall–Kier alpha value is -1.59. The zero-order valence-electron chi connectivity index (χ0n) is 13.6. The predicted octanol–water partition coefficient (Wildman–Crippen LogP) is 2.15. The lowest BCUT2D eigenvalue weighted by molar-refractivity contribution is 0.0512. The molecule has 1 saturated heterocycles. The van der Waals surface area contributed by atoms with E-state index in [9.17, 15) is 9.90 Å². The van der Waals surface area contributed by atoms with E-state index < -0.39 is 11.7 Å². The molecule has 0 aliphatic carbocycles. The molecule has 122 valence electrons. The summed E-state index contributed by atoms with van der Waals surface area (Å²) in [7, 11) is 0. The van der Waals surface area contributed by atoms with E-state index in [4.69, 9.17) is 4.74 Å². The summed E-state index contributed by atoms with van der Waals surface area (Å²) in [6, 6.07) is 10.3. The monoisotopic (exact) mass is 306 g/mol. The molecule has 0 bridgehead atoms. The van der Waals surface area contributed by atoms with Crippen LogP contribution in [0, 0.1) is 0 Å². The van der Waals surface area contributed by atoms with E-state index in [0.29, 0.717) is 19.5 Å². The number of nitrogens with zero attached hydrogens (tertiary/aromatic N) is 1. The van der Waals surface area contributed by atoms with E-state index in [-0.39, 0.29) is 12.1 Å². The maximum atomic E-state index is 11.7. The molecular formula is C17H26N2O3. The molecule has 5 nitrogen and oxygen atoms in total. The molecule has 0 radical (unpaired) electrons. The fraction of sp³-hybridized carbons (Fsp3) is 0.588. The molecule has 1 fully saturated rings. The van der Waals surface area contributed by atoms with Gasteiger partial charge in [-0.1, -0.05) is 30.3 Å². The van der Waals surface area contributed by atoms with Crippen LogP contribution in [0.2, 0.25) is 0 Å². The van der Waals surface area contributed by atoms with Crippen molar-refractivity contribution >= 4 is 6.09 Å². The van der Waals surface area contributed by atoms with Crippen LogP contribution in [-0.4, -0.2) is 46.9 Å². The summed E-state index contributed by atoms with van der Waals surface area (Å²) >= 11 is 0. The first kappa shape index (κ1) is 16.8. The predicted molar refractivity (Wildman–Crippen MR) is 85.5 cm³/mol. The summed E-state index contributed by atoms with van der Waals surface area (Å²) in [5.41, 5.74) is 0.710. The van der Waals surface area contributed by atoms with Crippen LogP contribution < -0.4 is 5.32 Å². The van der Waals surface area contributed by atoms with E-state index >= 15 is 0 Å². The Morgan fingerprint density at radius 3 is 2.68 bits per heavy atom. The zero-order valence-corrected chi connectivity index (χ0v) is 13.6. The first-order chi connectivity index (χ1) is 10.3. The SMILES string of the molecule is CC(C)(C)OC(=O)NC[C@H]1C[C@H](O)CN1Cc1ccccc1. The van der Waals surface area contributed by atoms with Gasteiger partial charge in [0.1, 0.15) is 5.60 Å². The van der Waals surface area contributed by atoms with Gasteiger partial charge in [0, 0.05) is 25.7 Å². The third-order valence-electron chi connectivity index (χ3n) is 3.62. The van der Waals surface area contributed by atoms with Crippen molar-refractivity contribution in [3.63, 3.8) is 0 Å². The van der Waals surface area contributed by atoms with Crippen LogP contribution in [0.15, 0.2) is 30.3 Å². The maximum absolute atomic E-state index is 11.7. The highest BCUT2D eigenvalue weighted by molar-refractivity contribution is 5.67. The number of ether oxygens (including phenoxy) is 1. The van der Waals surface area contributed by atoms with Crippen molar-refractivity contribution in [3.8, 4) is 0 Å². The molecule has 5 heteroatoms. The number of benzene rings is 1. The van der Waals surface area contributed by atoms with Gasteiger partial charge in [-0.3, -0.25) is 4.90 Å². The highest BCUT2D eigenvalue weighted by Crippen LogP contribution is 2.20. The van der Waals surface area contributed by atoms with Crippen molar-refractivity contribution in [1.29, 1.82) is 0 Å². The van der Waals surface area contributed by atoms with Crippen molar-refractivity contribution in [2.24, 2.45) is 0 Å². The number of hydrogen-bond acceptors (Lipinski definition) is 4. The Kier molecular flexibility index (Phi) is 5.42. The lowest BCUT2D eigenvalue weighted by Crippen LogP contribution is -2.41. The van der Waals surface area contributed by atoms with Crippen LogP contribution in [0.1, 0.15) is 32.8 Å². The standard InChI is InChI=1S/C17H26N2O3/c1-17(2,3)22-16(21)18-10-14-9-15(20)12-19(14)11-13-7-5-4-6-8-13/h4-8,14-15,20H,9-12H2,1-3H3,(H,18,21)/t14-,15+/m1/s1. The first-order valence-electron chi connectivity index (χ1n) is 7.76. The van der Waals surface area contributed by atoms with Crippen molar-refractivity contribution in [3.05, 3.63) is 35.9 Å². The Labute approximate surface area is 132 Å². The topological polar surface area (TPSA) is 61.8 Å². The highest BCUT2D eigenvalue weighted by Gasteiger charge is 2.31. The van der Waals surface area contributed by atoms with Gasteiger partial charge in [0.15, 0.2) is 0 Å². The molecule has 0 saturated carbocycles. The molecule has 1 aliphatic rings. The number of alkyl carbamates (subject to hydrolysis) is 1. The second-order valence-electron chi connectivity index (χ2n) is 6.84. The Morgan fingerprint density at radius 2 is 2.05 bits per heavy atom. The van der Waals surface area contributed by atoms with Crippen LogP contribution in [-0.2, 0) is 11.3 Å². The Balaban J connectivity index is 1.87. The Bertz CT molecular complexity index is 484. The average molecular weight is 306 g/mol. The number of likely N-dealkylation sites (tertiary alicyclic amines) is 1. The molecule has 22 heavy (non-hydrogen) atoms. The minimum atomic E-state index is -0.497. The molecule has 2 atom stereocenters. The average Bonchev–Trinajstić information content (AvgIpc) is 2.76. The quantitative estimate of drug-likeness (QED) is 0.895. The van der Waals surface area contributed by atoms with Crippen molar-refractivity contribution in [2.75, 3.05) is 13.1 Å². The molecular weight excluding hydrogens is 280 g/mol. The van der Waals surface area contributed by atoms with E-state index in [2.05, 4.69) is 22.3 Å². The summed E-state index contributed by atoms with van der Waals surface area (Å²) in [4.78, 5) is 14.0. The van der Waals surface area contributed by atoms with Gasteiger partial charge in [0.05, 0.1) is 6.10 Å². The summed E-state index contributed by atoms with van der Waals surface area (Å²) < 4.78 is 5.25. The second kappa shape index (κ2) is 7.11. The molecule has 1 amide bonds. The van der Waals surface area contributed by atoms with Gasteiger partial charge in [-0.25, -0.2) is 4.79 Å². The van der Waals surface area contributed by atoms with Gasteiger partial charge in [0.25, 0.3) is 0 Å². The van der Waals surface area contributed by atoms with Gasteiger partial charge in [-0.15, -0.1) is 0 Å². The number of rotatable bonds is 4. The second-order valence-corrected chi connectivity index (χ2v) is 6.84. The van der Waals surface area contributed by atoms with Gasteiger partial charge in [-0.05, 0) is 32.8 Å². The summed E-state index contributed by atoms with van der Waals surface area (Å²) in [5, 5.41) is 12.7. The number of aliphatic hydroxyl groups is 1. The van der Waals surface area contributed by atoms with Crippen molar-refractivity contribution in [2.45, 2.75) is 51.5 Å². The van der Waals surface area contributed by atoms with E-state index in [1.165, 1.54) is 5.56 Å². The minimum Gasteiger partial charge on any atom is -0.444 e. The molecule has 1 aromatic carbocycles. The van der Waals surface area contributed by atoms with Crippen molar-refractivity contribution < 1.29 is 14.6 Å². The van der Waals surface area contributed by atoms with Crippen LogP contribution in [0.3, 0.4) is 0 Å². The van der Waals surface area contributed by atoms with Crippen LogP contribution in [0.5, 0.6) is 0 Å². The third-order valence-corrected chi connectivity index (χ3v) is 3.62. The molecule has 0 aromatic heterocycles. The lowest BCUT2D eigenvalue weighted by atomic mass is 10.1.